The topological polar surface area (TPSA) is 85.1 Å². The van der Waals surface area contributed by atoms with Crippen LogP contribution in [-0.4, -0.2) is 15.8 Å². The maximum atomic E-state index is 12.9. The minimum Gasteiger partial charge on any atom is -0.321 e. The number of carbonyl (C=O) groups excluding carboxylic acids is 1. The number of nitrogens with one attached hydrogen (secondary N) is 1. The Labute approximate surface area is 117 Å². The lowest BCUT2D eigenvalue weighted by atomic mass is 10.2. The van der Waals surface area contributed by atoms with Gasteiger partial charge in [-0.2, -0.15) is 4.39 Å². The molecule has 0 fully saturated rings. The highest BCUT2D eigenvalue weighted by Gasteiger charge is 2.13. The average molecular weight is 296 g/mol. The van der Waals surface area contributed by atoms with E-state index < -0.39 is 16.8 Å². The molecule has 0 aliphatic carbocycles. The fourth-order valence-electron chi connectivity index (χ4n) is 1.46. The molecular weight excluding hydrogens is 289 g/mol. The fraction of sp³-hybridized carbons (Fsp3) is 0. The van der Waals surface area contributed by atoms with E-state index >= 15 is 0 Å². The van der Waals surface area contributed by atoms with Crippen LogP contribution in [0.4, 0.5) is 15.8 Å². The summed E-state index contributed by atoms with van der Waals surface area (Å²) in [6.07, 6.45) is 1.15. The summed E-state index contributed by atoms with van der Waals surface area (Å²) in [5.41, 5.74) is 0.0642. The molecule has 0 radical (unpaired) electrons. The zero-order valence-electron chi connectivity index (χ0n) is 9.84. The Morgan fingerprint density at radius 3 is 2.70 bits per heavy atom. The van der Waals surface area contributed by atoms with Gasteiger partial charge in [-0.05, 0) is 12.1 Å². The Morgan fingerprint density at radius 1 is 1.35 bits per heavy atom. The average Bonchev–Trinajstić information content (AvgIpc) is 2.40. The van der Waals surface area contributed by atoms with E-state index in [1.165, 1.54) is 18.2 Å². The second-order valence-electron chi connectivity index (χ2n) is 3.74. The number of halogens is 2. The quantitative estimate of drug-likeness (QED) is 0.536. The van der Waals surface area contributed by atoms with Gasteiger partial charge in [0.2, 0.25) is 5.95 Å². The number of hydrogen-bond acceptors (Lipinski definition) is 4. The lowest BCUT2D eigenvalue weighted by Gasteiger charge is -2.07. The molecule has 2 aromatic rings. The van der Waals surface area contributed by atoms with E-state index in [1.807, 2.05) is 0 Å². The van der Waals surface area contributed by atoms with E-state index in [1.54, 1.807) is 0 Å². The number of pyridine rings is 1. The predicted molar refractivity (Wildman–Crippen MR) is 70.3 cm³/mol. The van der Waals surface area contributed by atoms with Crippen molar-refractivity contribution in [3.63, 3.8) is 0 Å². The Balaban J connectivity index is 2.22. The van der Waals surface area contributed by atoms with E-state index in [9.17, 15) is 19.3 Å². The third kappa shape index (κ3) is 3.07. The minimum atomic E-state index is -0.785. The highest BCUT2D eigenvalue weighted by Crippen LogP contribution is 2.26. The number of anilines is 1. The first-order chi connectivity index (χ1) is 9.47. The molecule has 0 saturated heterocycles. The van der Waals surface area contributed by atoms with Crippen LogP contribution in [0, 0.1) is 16.1 Å². The molecule has 0 aliphatic rings. The van der Waals surface area contributed by atoms with Crippen molar-refractivity contribution in [1.82, 2.24) is 4.98 Å². The van der Waals surface area contributed by atoms with Crippen LogP contribution in [0.2, 0.25) is 5.02 Å². The van der Waals surface area contributed by atoms with Crippen molar-refractivity contribution >= 4 is 28.9 Å². The summed E-state index contributed by atoms with van der Waals surface area (Å²) in [5.74, 6) is -1.38. The van der Waals surface area contributed by atoms with Crippen molar-refractivity contribution in [2.75, 3.05) is 5.32 Å². The molecule has 0 spiro atoms. The van der Waals surface area contributed by atoms with Crippen molar-refractivity contribution in [3.05, 3.63) is 63.2 Å². The van der Waals surface area contributed by atoms with Crippen LogP contribution >= 0.6 is 11.6 Å². The van der Waals surface area contributed by atoms with Gasteiger partial charge in [-0.3, -0.25) is 14.9 Å². The molecule has 0 atom stereocenters. The van der Waals surface area contributed by atoms with E-state index in [0.717, 1.165) is 18.3 Å². The molecule has 20 heavy (non-hydrogen) atoms. The van der Waals surface area contributed by atoms with Gasteiger partial charge >= 0.3 is 0 Å². The first-order valence-electron chi connectivity index (χ1n) is 5.34. The molecule has 1 amide bonds. The largest absolute Gasteiger partial charge is 0.321 e. The van der Waals surface area contributed by atoms with Gasteiger partial charge in [0.15, 0.2) is 0 Å². The summed E-state index contributed by atoms with van der Waals surface area (Å²) in [6, 6.07) is 5.92. The number of nitro benzene ring substituents is 1. The van der Waals surface area contributed by atoms with Crippen LogP contribution in [0.5, 0.6) is 0 Å². The summed E-state index contributed by atoms with van der Waals surface area (Å²) in [7, 11) is 0. The van der Waals surface area contributed by atoms with E-state index in [-0.39, 0.29) is 22.0 Å². The Kier molecular flexibility index (Phi) is 3.90. The van der Waals surface area contributed by atoms with Crippen LogP contribution in [0.25, 0.3) is 0 Å². The molecule has 1 N–H and O–H groups in total. The number of hydrogen-bond donors (Lipinski definition) is 1. The van der Waals surface area contributed by atoms with Crippen LogP contribution in [-0.2, 0) is 0 Å². The van der Waals surface area contributed by atoms with Gasteiger partial charge < -0.3 is 5.32 Å². The normalized spacial score (nSPS) is 10.1. The summed E-state index contributed by atoms with van der Waals surface area (Å²) < 4.78 is 12.9. The third-order valence-corrected chi connectivity index (χ3v) is 2.71. The van der Waals surface area contributed by atoms with E-state index in [4.69, 9.17) is 11.6 Å². The molecule has 0 bridgehead atoms. The molecule has 0 saturated carbocycles. The smallest absolute Gasteiger partial charge is 0.271 e. The summed E-state index contributed by atoms with van der Waals surface area (Å²) in [6.45, 7) is 0. The third-order valence-electron chi connectivity index (χ3n) is 2.40. The lowest BCUT2D eigenvalue weighted by Crippen LogP contribution is -2.12. The summed E-state index contributed by atoms with van der Waals surface area (Å²) in [4.78, 5) is 25.1. The van der Waals surface area contributed by atoms with Gasteiger partial charge in [0, 0.05) is 30.0 Å². The van der Waals surface area contributed by atoms with Crippen LogP contribution in [0.15, 0.2) is 36.5 Å². The first kappa shape index (κ1) is 13.9. The number of benzene rings is 1. The highest BCUT2D eigenvalue weighted by molar-refractivity contribution is 6.34. The van der Waals surface area contributed by atoms with Crippen molar-refractivity contribution in [3.8, 4) is 0 Å². The predicted octanol–water partition coefficient (Wildman–Crippen LogP) is 3.03. The van der Waals surface area contributed by atoms with Gasteiger partial charge in [-0.25, -0.2) is 4.98 Å². The number of nitro groups is 1. The SMILES string of the molecule is O=C(Nc1ccc([N+](=O)[O-])cc1Cl)c1ccnc(F)c1. The van der Waals surface area contributed by atoms with Crippen LogP contribution in [0.1, 0.15) is 10.4 Å². The number of nitrogens with zero attached hydrogens (tertiary/aromatic N) is 2. The molecule has 8 heteroatoms. The Bertz CT molecular complexity index is 693. The number of rotatable bonds is 3. The van der Waals surface area contributed by atoms with Crippen molar-refractivity contribution in [2.24, 2.45) is 0 Å². The second-order valence-corrected chi connectivity index (χ2v) is 4.15. The Morgan fingerprint density at radius 2 is 2.10 bits per heavy atom. The molecule has 1 aromatic carbocycles. The molecule has 0 aliphatic heterocycles. The van der Waals surface area contributed by atoms with Crippen molar-refractivity contribution in [2.45, 2.75) is 0 Å². The van der Waals surface area contributed by atoms with E-state index in [0.29, 0.717) is 0 Å². The van der Waals surface area contributed by atoms with Crippen molar-refractivity contribution in [1.29, 1.82) is 0 Å². The van der Waals surface area contributed by atoms with Crippen molar-refractivity contribution < 1.29 is 14.1 Å². The van der Waals surface area contributed by atoms with Gasteiger partial charge in [0.1, 0.15) is 0 Å². The molecule has 0 unspecified atom stereocenters. The molecule has 102 valence electrons. The monoisotopic (exact) mass is 295 g/mol. The minimum absolute atomic E-state index is 0.0158. The summed E-state index contributed by atoms with van der Waals surface area (Å²) in [5, 5.41) is 13.0. The maximum Gasteiger partial charge on any atom is 0.271 e. The van der Waals surface area contributed by atoms with Crippen LogP contribution < -0.4 is 5.32 Å². The van der Waals surface area contributed by atoms with Gasteiger partial charge in [0.05, 0.1) is 15.6 Å². The highest BCUT2D eigenvalue weighted by atomic mass is 35.5. The van der Waals surface area contributed by atoms with Gasteiger partial charge in [0.25, 0.3) is 11.6 Å². The fourth-order valence-corrected chi connectivity index (χ4v) is 1.68. The molecule has 1 heterocycles. The molecule has 1 aromatic heterocycles. The van der Waals surface area contributed by atoms with Gasteiger partial charge in [-0.15, -0.1) is 0 Å². The number of aromatic nitrogens is 1. The van der Waals surface area contributed by atoms with E-state index in [2.05, 4.69) is 10.3 Å². The molecule has 6 nitrogen and oxygen atoms in total. The number of non-ortho nitro benzene ring substituents is 1. The number of carbonyl (C=O) groups is 1. The zero-order valence-corrected chi connectivity index (χ0v) is 10.6. The number of amides is 1. The molecular formula is C12H7ClFN3O3. The van der Waals surface area contributed by atoms with Gasteiger partial charge in [-0.1, -0.05) is 11.6 Å². The standard InChI is InChI=1S/C12H7ClFN3O3/c13-9-6-8(17(19)20)1-2-10(9)16-12(18)7-3-4-15-11(14)5-7/h1-6H,(H,16,18). The lowest BCUT2D eigenvalue weighted by molar-refractivity contribution is -0.384. The first-order valence-corrected chi connectivity index (χ1v) is 5.72. The second kappa shape index (κ2) is 5.62. The molecule has 2 rings (SSSR count). The summed E-state index contributed by atoms with van der Waals surface area (Å²) >= 11 is 5.83. The van der Waals surface area contributed by atoms with Crippen LogP contribution in [0.3, 0.4) is 0 Å². The zero-order chi connectivity index (χ0) is 14.7. The Hall–Kier alpha value is -2.54. The maximum absolute atomic E-state index is 12.9.